The van der Waals surface area contributed by atoms with Gasteiger partial charge in [0.15, 0.2) is 0 Å². The Bertz CT molecular complexity index is 456. The smallest absolute Gasteiger partial charge is 0.261 e. The minimum Gasteiger partial charge on any atom is -0.508 e. The molecule has 0 aromatic heterocycles. The normalized spacial score (nSPS) is 12.0. The van der Waals surface area contributed by atoms with E-state index in [1.165, 1.54) is 18.2 Å². The first kappa shape index (κ1) is 12.3. The van der Waals surface area contributed by atoms with Gasteiger partial charge in [0.25, 0.3) is 9.05 Å². The lowest BCUT2D eigenvalue weighted by atomic mass is 10.2. The number of hydrogen-bond acceptors (Lipinski definition) is 4. The molecule has 1 rings (SSSR count). The fourth-order valence-electron chi connectivity index (χ4n) is 1.18. The summed E-state index contributed by atoms with van der Waals surface area (Å²) in [6, 6.07) is 3.97. The lowest BCUT2D eigenvalue weighted by Crippen LogP contribution is -2.11. The van der Waals surface area contributed by atoms with Crippen LogP contribution in [0.2, 0.25) is 0 Å². The molecular formula is C9H12ClNO3S. The van der Waals surface area contributed by atoms with Crippen LogP contribution in [0.4, 0.5) is 0 Å². The van der Waals surface area contributed by atoms with E-state index in [1.807, 2.05) is 19.0 Å². The second-order valence-electron chi connectivity index (χ2n) is 3.47. The molecular weight excluding hydrogens is 238 g/mol. The Kier molecular flexibility index (Phi) is 3.59. The van der Waals surface area contributed by atoms with Crippen LogP contribution in [-0.2, 0) is 15.6 Å². The number of nitrogens with zero attached hydrogens (tertiary/aromatic N) is 1. The van der Waals surface area contributed by atoms with Crippen LogP contribution in [-0.4, -0.2) is 32.5 Å². The van der Waals surface area contributed by atoms with Gasteiger partial charge in [0.05, 0.1) is 4.90 Å². The second kappa shape index (κ2) is 4.38. The predicted molar refractivity (Wildman–Crippen MR) is 58.5 cm³/mol. The summed E-state index contributed by atoms with van der Waals surface area (Å²) < 4.78 is 22.1. The lowest BCUT2D eigenvalue weighted by Gasteiger charge is -2.11. The standard InChI is InChI=1S/C9H12ClNO3S/c1-11(2)6-7-5-8(15(10,13)14)3-4-9(7)12/h3-5,12H,6H2,1-2H3. The Morgan fingerprint density at radius 2 is 2.00 bits per heavy atom. The Morgan fingerprint density at radius 3 is 2.47 bits per heavy atom. The molecule has 1 aromatic carbocycles. The molecule has 84 valence electrons. The molecule has 1 aromatic rings. The highest BCUT2D eigenvalue weighted by molar-refractivity contribution is 8.13. The molecule has 0 aliphatic carbocycles. The molecule has 0 unspecified atom stereocenters. The van der Waals surface area contributed by atoms with E-state index in [4.69, 9.17) is 10.7 Å². The highest BCUT2D eigenvalue weighted by atomic mass is 35.7. The van der Waals surface area contributed by atoms with E-state index in [1.54, 1.807) is 0 Å². The highest BCUT2D eigenvalue weighted by Gasteiger charge is 2.12. The van der Waals surface area contributed by atoms with Gasteiger partial charge in [-0.25, -0.2) is 8.42 Å². The van der Waals surface area contributed by atoms with Crippen molar-refractivity contribution in [3.05, 3.63) is 23.8 Å². The highest BCUT2D eigenvalue weighted by Crippen LogP contribution is 2.24. The van der Waals surface area contributed by atoms with Gasteiger partial charge in [-0.2, -0.15) is 0 Å². The van der Waals surface area contributed by atoms with Crippen LogP contribution in [0.5, 0.6) is 5.75 Å². The summed E-state index contributed by atoms with van der Waals surface area (Å²) in [7, 11) is 5.10. The van der Waals surface area contributed by atoms with Gasteiger partial charge in [-0.05, 0) is 32.3 Å². The predicted octanol–water partition coefficient (Wildman–Crippen LogP) is 1.38. The molecule has 15 heavy (non-hydrogen) atoms. The van der Waals surface area contributed by atoms with Crippen LogP contribution in [0.25, 0.3) is 0 Å². The van der Waals surface area contributed by atoms with Crippen molar-refractivity contribution < 1.29 is 13.5 Å². The third-order valence-electron chi connectivity index (χ3n) is 1.82. The van der Waals surface area contributed by atoms with E-state index in [2.05, 4.69) is 0 Å². The van der Waals surface area contributed by atoms with Gasteiger partial charge in [0.2, 0.25) is 0 Å². The molecule has 4 nitrogen and oxygen atoms in total. The van der Waals surface area contributed by atoms with E-state index in [9.17, 15) is 13.5 Å². The van der Waals surface area contributed by atoms with Crippen LogP contribution >= 0.6 is 10.7 Å². The quantitative estimate of drug-likeness (QED) is 0.823. The summed E-state index contributed by atoms with van der Waals surface area (Å²) in [6.45, 7) is 0.450. The summed E-state index contributed by atoms with van der Waals surface area (Å²) in [4.78, 5) is 1.82. The molecule has 6 heteroatoms. The average molecular weight is 250 g/mol. The molecule has 0 bridgehead atoms. The van der Waals surface area contributed by atoms with Crippen molar-refractivity contribution >= 4 is 19.7 Å². The SMILES string of the molecule is CN(C)Cc1cc(S(=O)(=O)Cl)ccc1O. The van der Waals surface area contributed by atoms with Gasteiger partial charge in [-0.1, -0.05) is 0 Å². The Balaban J connectivity index is 3.17. The van der Waals surface area contributed by atoms with Crippen LogP contribution in [0, 0.1) is 0 Å². The Morgan fingerprint density at radius 1 is 1.40 bits per heavy atom. The van der Waals surface area contributed by atoms with E-state index >= 15 is 0 Å². The van der Waals surface area contributed by atoms with Crippen molar-refractivity contribution in [2.45, 2.75) is 11.4 Å². The largest absolute Gasteiger partial charge is 0.508 e. The summed E-state index contributed by atoms with van der Waals surface area (Å²) in [5.74, 6) is 0.0627. The van der Waals surface area contributed by atoms with E-state index in [0.717, 1.165) is 0 Å². The monoisotopic (exact) mass is 249 g/mol. The average Bonchev–Trinajstić information content (AvgIpc) is 2.06. The molecule has 0 saturated carbocycles. The molecule has 0 heterocycles. The maximum atomic E-state index is 11.1. The van der Waals surface area contributed by atoms with Gasteiger partial charge in [0, 0.05) is 22.8 Å². The summed E-state index contributed by atoms with van der Waals surface area (Å²) >= 11 is 0. The Hall–Kier alpha value is -0.780. The molecule has 1 N–H and O–H groups in total. The zero-order valence-electron chi connectivity index (χ0n) is 8.44. The lowest BCUT2D eigenvalue weighted by molar-refractivity contribution is 0.385. The summed E-state index contributed by atoms with van der Waals surface area (Å²) in [5.41, 5.74) is 0.529. The van der Waals surface area contributed by atoms with E-state index in [-0.39, 0.29) is 10.6 Å². The fourth-order valence-corrected chi connectivity index (χ4v) is 1.98. The van der Waals surface area contributed by atoms with Crippen molar-refractivity contribution in [3.8, 4) is 5.75 Å². The first-order valence-corrected chi connectivity index (χ1v) is 6.53. The molecule has 0 radical (unpaired) electrons. The zero-order chi connectivity index (χ0) is 11.6. The summed E-state index contributed by atoms with van der Waals surface area (Å²) in [5, 5.41) is 9.49. The number of rotatable bonds is 3. The molecule has 0 amide bonds. The fraction of sp³-hybridized carbons (Fsp3) is 0.333. The van der Waals surface area contributed by atoms with Crippen LogP contribution < -0.4 is 0 Å². The van der Waals surface area contributed by atoms with Crippen LogP contribution in [0.3, 0.4) is 0 Å². The van der Waals surface area contributed by atoms with Gasteiger partial charge < -0.3 is 10.0 Å². The number of benzene rings is 1. The number of phenols is 1. The Labute approximate surface area is 93.5 Å². The molecule has 0 aliphatic heterocycles. The number of halogens is 1. The van der Waals surface area contributed by atoms with Gasteiger partial charge in [-0.3, -0.25) is 0 Å². The van der Waals surface area contributed by atoms with Crippen molar-refractivity contribution in [1.29, 1.82) is 0 Å². The van der Waals surface area contributed by atoms with Crippen molar-refractivity contribution in [3.63, 3.8) is 0 Å². The van der Waals surface area contributed by atoms with E-state index in [0.29, 0.717) is 12.1 Å². The van der Waals surface area contributed by atoms with Gasteiger partial charge in [-0.15, -0.1) is 0 Å². The minimum absolute atomic E-state index is 0.00110. The molecule has 0 aliphatic rings. The van der Waals surface area contributed by atoms with Gasteiger partial charge >= 0.3 is 0 Å². The number of hydrogen-bond donors (Lipinski definition) is 1. The third kappa shape index (κ3) is 3.37. The number of phenolic OH excluding ortho intramolecular Hbond substituents is 1. The molecule has 0 fully saturated rings. The second-order valence-corrected chi connectivity index (χ2v) is 6.03. The van der Waals surface area contributed by atoms with E-state index < -0.39 is 9.05 Å². The molecule has 0 saturated heterocycles. The minimum atomic E-state index is -3.74. The topological polar surface area (TPSA) is 57.6 Å². The molecule has 0 atom stereocenters. The zero-order valence-corrected chi connectivity index (χ0v) is 10.0. The van der Waals surface area contributed by atoms with Crippen molar-refractivity contribution in [2.75, 3.05) is 14.1 Å². The first-order valence-electron chi connectivity index (χ1n) is 4.22. The molecule has 0 spiro atoms. The number of aromatic hydroxyl groups is 1. The maximum Gasteiger partial charge on any atom is 0.261 e. The maximum absolute atomic E-state index is 11.1. The van der Waals surface area contributed by atoms with Crippen LogP contribution in [0.1, 0.15) is 5.56 Å². The summed E-state index contributed by atoms with van der Waals surface area (Å²) in [6.07, 6.45) is 0. The van der Waals surface area contributed by atoms with Gasteiger partial charge in [0.1, 0.15) is 5.75 Å². The first-order chi connectivity index (χ1) is 6.80. The van der Waals surface area contributed by atoms with Crippen molar-refractivity contribution in [1.82, 2.24) is 4.90 Å². The van der Waals surface area contributed by atoms with Crippen molar-refractivity contribution in [2.24, 2.45) is 0 Å². The third-order valence-corrected chi connectivity index (χ3v) is 3.17. The van der Waals surface area contributed by atoms with Crippen LogP contribution in [0.15, 0.2) is 23.1 Å².